The number of ether oxygens (including phenoxy) is 1. The minimum atomic E-state index is -0.160. The Bertz CT molecular complexity index is 632. The maximum absolute atomic E-state index is 11.6. The van der Waals surface area contributed by atoms with Gasteiger partial charge in [-0.3, -0.25) is 4.79 Å². The van der Waals surface area contributed by atoms with Crippen molar-refractivity contribution >= 4 is 22.6 Å². The molecule has 0 atom stereocenters. The molecule has 2 aromatic rings. The highest BCUT2D eigenvalue weighted by Gasteiger charge is 2.12. The van der Waals surface area contributed by atoms with Crippen LogP contribution in [0.15, 0.2) is 22.6 Å². The van der Waals surface area contributed by atoms with Gasteiger partial charge in [-0.2, -0.15) is 0 Å². The van der Waals surface area contributed by atoms with Crippen molar-refractivity contribution in [2.75, 3.05) is 39.7 Å². The van der Waals surface area contributed by atoms with Crippen LogP contribution in [0.25, 0.3) is 11.0 Å². The maximum atomic E-state index is 11.6. The van der Waals surface area contributed by atoms with Crippen LogP contribution in [0.1, 0.15) is 11.3 Å². The fourth-order valence-electron chi connectivity index (χ4n) is 2.32. The number of carbonyl (C=O) groups is 1. The van der Waals surface area contributed by atoms with E-state index in [0.29, 0.717) is 0 Å². The quantitative estimate of drug-likeness (QED) is 0.887. The van der Waals surface area contributed by atoms with E-state index in [4.69, 9.17) is 9.15 Å². The van der Waals surface area contributed by atoms with Gasteiger partial charge in [0.25, 0.3) is 0 Å². The third kappa shape index (κ3) is 3.83. The first-order valence-electron chi connectivity index (χ1n) is 6.97. The van der Waals surface area contributed by atoms with Gasteiger partial charge in [0.2, 0.25) is 5.91 Å². The van der Waals surface area contributed by atoms with E-state index in [2.05, 4.69) is 10.2 Å². The van der Waals surface area contributed by atoms with Gasteiger partial charge in [0.15, 0.2) is 0 Å². The van der Waals surface area contributed by atoms with E-state index in [-0.39, 0.29) is 12.5 Å². The Kier molecular flexibility index (Phi) is 4.98. The van der Waals surface area contributed by atoms with Crippen molar-refractivity contribution in [1.29, 1.82) is 0 Å². The third-order valence-corrected chi connectivity index (χ3v) is 3.36. The number of nitrogens with zero attached hydrogens (tertiary/aromatic N) is 1. The number of rotatable bonds is 6. The molecule has 2 rings (SSSR count). The fraction of sp³-hybridized carbons (Fsp3) is 0.438. The second kappa shape index (κ2) is 6.74. The largest absolute Gasteiger partial charge is 0.461 e. The molecule has 5 heteroatoms. The summed E-state index contributed by atoms with van der Waals surface area (Å²) in [5.41, 5.74) is 2.81. The molecule has 0 spiro atoms. The lowest BCUT2D eigenvalue weighted by molar-refractivity contribution is -0.119. The van der Waals surface area contributed by atoms with Crippen LogP contribution in [0.3, 0.4) is 0 Å². The third-order valence-electron chi connectivity index (χ3n) is 3.36. The molecule has 1 aromatic carbocycles. The summed E-state index contributed by atoms with van der Waals surface area (Å²) in [6.07, 6.45) is 0.918. The number of methoxy groups -OCH3 is 1. The van der Waals surface area contributed by atoms with Gasteiger partial charge >= 0.3 is 0 Å². The number of anilines is 1. The van der Waals surface area contributed by atoms with Crippen molar-refractivity contribution in [1.82, 2.24) is 4.90 Å². The first-order chi connectivity index (χ1) is 10.0. The zero-order chi connectivity index (χ0) is 15.4. The summed E-state index contributed by atoms with van der Waals surface area (Å²) in [7, 11) is 5.60. The van der Waals surface area contributed by atoms with Gasteiger partial charge < -0.3 is 19.4 Å². The van der Waals surface area contributed by atoms with Crippen LogP contribution in [-0.2, 0) is 16.0 Å². The lowest BCUT2D eigenvalue weighted by Crippen LogP contribution is -2.17. The van der Waals surface area contributed by atoms with Crippen LogP contribution in [0.4, 0.5) is 5.69 Å². The highest BCUT2D eigenvalue weighted by Crippen LogP contribution is 2.28. The number of hydrogen-bond acceptors (Lipinski definition) is 4. The number of carbonyl (C=O) groups excluding carboxylic acids is 1. The molecule has 0 aliphatic heterocycles. The summed E-state index contributed by atoms with van der Waals surface area (Å²) in [6.45, 7) is 2.99. The Morgan fingerprint density at radius 2 is 2.14 bits per heavy atom. The number of aryl methyl sites for hydroxylation is 1. The number of fused-ring (bicyclic) bond motifs is 1. The number of furan rings is 1. The van der Waals surface area contributed by atoms with E-state index in [1.54, 1.807) is 0 Å². The van der Waals surface area contributed by atoms with E-state index in [0.717, 1.165) is 35.4 Å². The minimum Gasteiger partial charge on any atom is -0.461 e. The Morgan fingerprint density at radius 3 is 2.81 bits per heavy atom. The smallest absolute Gasteiger partial charge is 0.250 e. The van der Waals surface area contributed by atoms with Crippen molar-refractivity contribution in [2.45, 2.75) is 13.3 Å². The van der Waals surface area contributed by atoms with E-state index < -0.39 is 0 Å². The fourth-order valence-corrected chi connectivity index (χ4v) is 2.32. The van der Waals surface area contributed by atoms with Crippen molar-refractivity contribution in [2.24, 2.45) is 0 Å². The van der Waals surface area contributed by atoms with E-state index in [1.165, 1.54) is 12.7 Å². The van der Waals surface area contributed by atoms with Crippen LogP contribution >= 0.6 is 0 Å². The summed E-state index contributed by atoms with van der Waals surface area (Å²) < 4.78 is 10.6. The normalized spacial score (nSPS) is 11.3. The van der Waals surface area contributed by atoms with Gasteiger partial charge in [-0.05, 0) is 45.6 Å². The zero-order valence-electron chi connectivity index (χ0n) is 13.0. The predicted octanol–water partition coefficient (Wildman–Crippen LogP) is 2.43. The number of benzene rings is 1. The first-order valence-corrected chi connectivity index (χ1v) is 6.97. The van der Waals surface area contributed by atoms with E-state index in [1.807, 2.05) is 39.2 Å². The highest BCUT2D eigenvalue weighted by atomic mass is 16.5. The van der Waals surface area contributed by atoms with Gasteiger partial charge in [-0.1, -0.05) is 0 Å². The highest BCUT2D eigenvalue weighted by molar-refractivity contribution is 5.95. The van der Waals surface area contributed by atoms with Crippen molar-refractivity contribution in [3.63, 3.8) is 0 Å². The zero-order valence-corrected chi connectivity index (χ0v) is 13.0. The van der Waals surface area contributed by atoms with Crippen molar-refractivity contribution in [3.05, 3.63) is 29.5 Å². The second-order valence-corrected chi connectivity index (χ2v) is 5.38. The van der Waals surface area contributed by atoms with Crippen LogP contribution in [0, 0.1) is 6.92 Å². The Hall–Kier alpha value is -1.85. The standard InChI is InChI=1S/C16H22N2O3/c1-11-13(7-8-18(2)3)14-9-12(5-6-15(14)21-11)17-16(19)10-20-4/h5-6,9H,7-8,10H2,1-4H3,(H,17,19). The molecule has 0 unspecified atom stereocenters. The summed E-state index contributed by atoms with van der Waals surface area (Å²) in [6, 6.07) is 5.70. The summed E-state index contributed by atoms with van der Waals surface area (Å²) >= 11 is 0. The Morgan fingerprint density at radius 1 is 1.38 bits per heavy atom. The molecule has 0 aliphatic carbocycles. The number of amides is 1. The first kappa shape index (κ1) is 15.5. The molecule has 0 bridgehead atoms. The molecular weight excluding hydrogens is 268 g/mol. The molecule has 114 valence electrons. The predicted molar refractivity (Wildman–Crippen MR) is 83.7 cm³/mol. The number of hydrogen-bond donors (Lipinski definition) is 1. The number of nitrogens with one attached hydrogen (secondary N) is 1. The Balaban J connectivity index is 2.27. The molecule has 0 fully saturated rings. The SMILES string of the molecule is COCC(=O)Nc1ccc2oc(C)c(CCN(C)C)c2c1. The minimum absolute atomic E-state index is 0.0515. The van der Waals surface area contributed by atoms with Gasteiger partial charge in [0, 0.05) is 30.3 Å². The second-order valence-electron chi connectivity index (χ2n) is 5.38. The average Bonchev–Trinajstić information content (AvgIpc) is 2.71. The molecule has 21 heavy (non-hydrogen) atoms. The van der Waals surface area contributed by atoms with Gasteiger partial charge in [0.05, 0.1) is 0 Å². The maximum Gasteiger partial charge on any atom is 0.250 e. The van der Waals surface area contributed by atoms with Crippen LogP contribution < -0.4 is 5.32 Å². The van der Waals surface area contributed by atoms with Crippen LogP contribution in [0.5, 0.6) is 0 Å². The van der Waals surface area contributed by atoms with Crippen molar-refractivity contribution < 1.29 is 13.9 Å². The van der Waals surface area contributed by atoms with Gasteiger partial charge in [-0.25, -0.2) is 0 Å². The lowest BCUT2D eigenvalue weighted by Gasteiger charge is -2.09. The average molecular weight is 290 g/mol. The van der Waals surface area contributed by atoms with Crippen LogP contribution in [-0.4, -0.2) is 45.2 Å². The molecule has 0 aliphatic rings. The molecule has 1 N–H and O–H groups in total. The molecule has 0 saturated carbocycles. The lowest BCUT2D eigenvalue weighted by atomic mass is 10.1. The molecule has 0 saturated heterocycles. The molecule has 1 amide bonds. The summed E-state index contributed by atoms with van der Waals surface area (Å²) in [4.78, 5) is 13.7. The molecule has 1 heterocycles. The van der Waals surface area contributed by atoms with E-state index >= 15 is 0 Å². The Labute approximate surface area is 124 Å². The molecule has 5 nitrogen and oxygen atoms in total. The molecule has 1 aromatic heterocycles. The van der Waals surface area contributed by atoms with Crippen molar-refractivity contribution in [3.8, 4) is 0 Å². The van der Waals surface area contributed by atoms with Crippen LogP contribution in [0.2, 0.25) is 0 Å². The number of likely N-dealkylation sites (N-methyl/N-ethyl adjacent to an activating group) is 1. The topological polar surface area (TPSA) is 54.7 Å². The monoisotopic (exact) mass is 290 g/mol. The van der Waals surface area contributed by atoms with Gasteiger partial charge in [0.1, 0.15) is 18.0 Å². The van der Waals surface area contributed by atoms with E-state index in [9.17, 15) is 4.79 Å². The molecular formula is C16H22N2O3. The molecule has 0 radical (unpaired) electrons. The van der Waals surface area contributed by atoms with Gasteiger partial charge in [-0.15, -0.1) is 0 Å². The summed E-state index contributed by atoms with van der Waals surface area (Å²) in [5.74, 6) is 0.777. The summed E-state index contributed by atoms with van der Waals surface area (Å²) in [5, 5.41) is 3.88.